The third kappa shape index (κ3) is 4.29. The van der Waals surface area contributed by atoms with Gasteiger partial charge in [0.1, 0.15) is 23.2 Å². The SMILES string of the molecule is COc1ccc(C(=O)NC(C)C(=O)O)nc1-c1cccc(C(F)(F)F)c1. The van der Waals surface area contributed by atoms with Gasteiger partial charge in [0.05, 0.1) is 12.7 Å². The summed E-state index contributed by atoms with van der Waals surface area (Å²) >= 11 is 0. The van der Waals surface area contributed by atoms with E-state index >= 15 is 0 Å². The van der Waals surface area contributed by atoms with Gasteiger partial charge in [0.25, 0.3) is 5.91 Å². The maximum Gasteiger partial charge on any atom is 0.416 e. The third-order valence-electron chi connectivity index (χ3n) is 3.49. The predicted molar refractivity (Wildman–Crippen MR) is 85.8 cm³/mol. The van der Waals surface area contributed by atoms with Crippen molar-refractivity contribution in [2.75, 3.05) is 7.11 Å². The maximum atomic E-state index is 12.9. The molecule has 0 aliphatic rings. The summed E-state index contributed by atoms with van der Waals surface area (Å²) in [6.45, 7) is 1.28. The fourth-order valence-electron chi connectivity index (χ4n) is 2.12. The Labute approximate surface area is 146 Å². The Bertz CT molecular complexity index is 837. The van der Waals surface area contributed by atoms with E-state index in [1.165, 1.54) is 38.3 Å². The Kier molecular flexibility index (Phi) is 5.49. The molecule has 9 heteroatoms. The lowest BCUT2D eigenvalue weighted by Gasteiger charge is -2.13. The number of aliphatic carboxylic acids is 1. The first-order valence-corrected chi connectivity index (χ1v) is 7.40. The van der Waals surface area contributed by atoms with Crippen LogP contribution in [0.25, 0.3) is 11.3 Å². The number of carboxylic acid groups (broad SMARTS) is 1. The minimum absolute atomic E-state index is 0.0363. The number of aromatic nitrogens is 1. The molecule has 0 aliphatic heterocycles. The largest absolute Gasteiger partial charge is 0.494 e. The zero-order valence-electron chi connectivity index (χ0n) is 13.8. The highest BCUT2D eigenvalue weighted by Gasteiger charge is 2.31. The van der Waals surface area contributed by atoms with Gasteiger partial charge in [0, 0.05) is 5.56 Å². The summed E-state index contributed by atoms with van der Waals surface area (Å²) in [6.07, 6.45) is -4.53. The number of carboxylic acids is 1. The van der Waals surface area contributed by atoms with Gasteiger partial charge in [-0.1, -0.05) is 12.1 Å². The molecule has 138 valence electrons. The average molecular weight is 368 g/mol. The van der Waals surface area contributed by atoms with Crippen LogP contribution in [0.3, 0.4) is 0 Å². The van der Waals surface area contributed by atoms with Crippen LogP contribution in [0.2, 0.25) is 0 Å². The van der Waals surface area contributed by atoms with Crippen molar-refractivity contribution in [1.29, 1.82) is 0 Å². The van der Waals surface area contributed by atoms with Crippen molar-refractivity contribution in [3.63, 3.8) is 0 Å². The number of alkyl halides is 3. The third-order valence-corrected chi connectivity index (χ3v) is 3.49. The molecule has 1 aromatic heterocycles. The number of rotatable bonds is 5. The van der Waals surface area contributed by atoms with Gasteiger partial charge in [-0.2, -0.15) is 13.2 Å². The zero-order valence-corrected chi connectivity index (χ0v) is 13.8. The number of hydrogen-bond donors (Lipinski definition) is 2. The first-order chi connectivity index (χ1) is 12.1. The van der Waals surface area contributed by atoms with Gasteiger partial charge in [-0.3, -0.25) is 9.59 Å². The highest BCUT2D eigenvalue weighted by atomic mass is 19.4. The van der Waals surface area contributed by atoms with Crippen molar-refractivity contribution in [3.05, 3.63) is 47.7 Å². The maximum absolute atomic E-state index is 12.9. The summed E-state index contributed by atoms with van der Waals surface area (Å²) in [6, 6.07) is 5.96. The van der Waals surface area contributed by atoms with Crippen molar-refractivity contribution >= 4 is 11.9 Å². The number of nitrogens with zero attached hydrogens (tertiary/aromatic N) is 1. The number of benzene rings is 1. The standard InChI is InChI=1S/C17H15F3N2O4/c1-9(16(24)25)21-15(23)12-6-7-13(26-2)14(22-12)10-4-3-5-11(8-10)17(18,19)20/h3-9H,1-2H3,(H,21,23)(H,24,25). The number of pyridine rings is 1. The van der Waals surface area contributed by atoms with E-state index in [0.717, 1.165) is 12.1 Å². The molecular formula is C17H15F3N2O4. The van der Waals surface area contributed by atoms with Gasteiger partial charge >= 0.3 is 12.1 Å². The molecule has 0 fully saturated rings. The number of amides is 1. The lowest BCUT2D eigenvalue weighted by Crippen LogP contribution is -2.38. The van der Waals surface area contributed by atoms with E-state index in [0.29, 0.717) is 0 Å². The van der Waals surface area contributed by atoms with Crippen LogP contribution in [0.5, 0.6) is 5.75 Å². The summed E-state index contributed by atoms with van der Waals surface area (Å²) in [4.78, 5) is 27.0. The summed E-state index contributed by atoms with van der Waals surface area (Å²) in [5, 5.41) is 11.1. The molecule has 26 heavy (non-hydrogen) atoms. The minimum Gasteiger partial charge on any atom is -0.494 e. The number of hydrogen-bond acceptors (Lipinski definition) is 4. The minimum atomic E-state index is -4.53. The van der Waals surface area contributed by atoms with E-state index in [-0.39, 0.29) is 22.7 Å². The van der Waals surface area contributed by atoms with E-state index in [2.05, 4.69) is 10.3 Å². The molecule has 0 saturated carbocycles. The number of nitrogens with one attached hydrogen (secondary N) is 1. The molecule has 0 radical (unpaired) electrons. The smallest absolute Gasteiger partial charge is 0.416 e. The topological polar surface area (TPSA) is 88.5 Å². The number of methoxy groups -OCH3 is 1. The lowest BCUT2D eigenvalue weighted by molar-refractivity contribution is -0.139. The highest BCUT2D eigenvalue weighted by Crippen LogP contribution is 2.34. The van der Waals surface area contributed by atoms with Crippen molar-refractivity contribution in [2.45, 2.75) is 19.1 Å². The molecule has 2 rings (SSSR count). The second-order valence-corrected chi connectivity index (χ2v) is 5.36. The molecule has 1 atom stereocenters. The van der Waals surface area contributed by atoms with E-state index in [9.17, 15) is 22.8 Å². The summed E-state index contributed by atoms with van der Waals surface area (Å²) in [7, 11) is 1.32. The predicted octanol–water partition coefficient (Wildman–Crippen LogP) is 2.98. The lowest BCUT2D eigenvalue weighted by atomic mass is 10.1. The number of ether oxygens (including phenoxy) is 1. The molecule has 2 aromatic rings. The van der Waals surface area contributed by atoms with Crippen LogP contribution < -0.4 is 10.1 Å². The molecule has 6 nitrogen and oxygen atoms in total. The van der Waals surface area contributed by atoms with Gasteiger partial charge in [-0.05, 0) is 31.2 Å². The van der Waals surface area contributed by atoms with Gasteiger partial charge in [-0.25, -0.2) is 4.98 Å². The Hall–Kier alpha value is -3.10. The van der Waals surface area contributed by atoms with Crippen molar-refractivity contribution in [1.82, 2.24) is 10.3 Å². The summed E-state index contributed by atoms with van der Waals surface area (Å²) in [5.41, 5.74) is -0.869. The van der Waals surface area contributed by atoms with Crippen LogP contribution in [-0.2, 0) is 11.0 Å². The van der Waals surface area contributed by atoms with Gasteiger partial charge in [-0.15, -0.1) is 0 Å². The Morgan fingerprint density at radius 3 is 2.50 bits per heavy atom. The Morgan fingerprint density at radius 2 is 1.92 bits per heavy atom. The molecule has 0 aliphatic carbocycles. The van der Waals surface area contributed by atoms with Crippen molar-refractivity contribution in [2.24, 2.45) is 0 Å². The van der Waals surface area contributed by atoms with Gasteiger partial charge in [0.2, 0.25) is 0 Å². The quantitative estimate of drug-likeness (QED) is 0.847. The number of carbonyl (C=O) groups is 2. The zero-order chi connectivity index (χ0) is 19.5. The second kappa shape index (κ2) is 7.42. The van der Waals surface area contributed by atoms with Gasteiger partial charge < -0.3 is 15.2 Å². The van der Waals surface area contributed by atoms with Crippen LogP contribution in [0.15, 0.2) is 36.4 Å². The van der Waals surface area contributed by atoms with E-state index in [1.807, 2.05) is 0 Å². The summed E-state index contributed by atoms with van der Waals surface area (Å²) < 4.78 is 43.9. The highest BCUT2D eigenvalue weighted by molar-refractivity contribution is 5.95. The normalized spacial score (nSPS) is 12.3. The molecule has 1 aromatic carbocycles. The number of halogens is 3. The number of carbonyl (C=O) groups excluding carboxylic acids is 1. The van der Waals surface area contributed by atoms with Crippen LogP contribution >= 0.6 is 0 Å². The first kappa shape index (κ1) is 19.2. The molecule has 1 unspecified atom stereocenters. The van der Waals surface area contributed by atoms with E-state index in [4.69, 9.17) is 9.84 Å². The van der Waals surface area contributed by atoms with Crippen molar-refractivity contribution in [3.8, 4) is 17.0 Å². The first-order valence-electron chi connectivity index (χ1n) is 7.40. The molecule has 0 spiro atoms. The fourth-order valence-corrected chi connectivity index (χ4v) is 2.12. The molecular weight excluding hydrogens is 353 g/mol. The molecule has 2 N–H and O–H groups in total. The Balaban J connectivity index is 2.45. The average Bonchev–Trinajstić information content (AvgIpc) is 2.60. The van der Waals surface area contributed by atoms with Crippen LogP contribution in [0, 0.1) is 0 Å². The monoisotopic (exact) mass is 368 g/mol. The van der Waals surface area contributed by atoms with Crippen LogP contribution in [0.4, 0.5) is 13.2 Å². The van der Waals surface area contributed by atoms with E-state index in [1.54, 1.807) is 0 Å². The summed E-state index contributed by atoms with van der Waals surface area (Å²) in [5.74, 6) is -1.83. The molecule has 0 bridgehead atoms. The molecule has 1 amide bonds. The van der Waals surface area contributed by atoms with E-state index < -0.39 is 29.7 Å². The fraction of sp³-hybridized carbons (Fsp3) is 0.235. The van der Waals surface area contributed by atoms with Crippen LogP contribution in [-0.4, -0.2) is 35.1 Å². The van der Waals surface area contributed by atoms with Crippen LogP contribution in [0.1, 0.15) is 23.0 Å². The Morgan fingerprint density at radius 1 is 1.23 bits per heavy atom. The van der Waals surface area contributed by atoms with Gasteiger partial charge in [0.15, 0.2) is 0 Å². The molecule has 0 saturated heterocycles. The van der Waals surface area contributed by atoms with Crippen molar-refractivity contribution < 1.29 is 32.6 Å². The molecule has 1 heterocycles. The second-order valence-electron chi connectivity index (χ2n) is 5.36.